The van der Waals surface area contributed by atoms with Gasteiger partial charge in [0.25, 0.3) is 0 Å². The fraction of sp³-hybridized carbons (Fsp3) is 0.158. The summed E-state index contributed by atoms with van der Waals surface area (Å²) >= 11 is 0. The highest BCUT2D eigenvalue weighted by Crippen LogP contribution is 2.41. The number of nitrogens with one attached hydrogen (secondary N) is 2. The van der Waals surface area contributed by atoms with Gasteiger partial charge in [-0.05, 0) is 23.6 Å². The Morgan fingerprint density at radius 2 is 1.74 bits per heavy atom. The Morgan fingerprint density at radius 3 is 2.61 bits per heavy atom. The van der Waals surface area contributed by atoms with Crippen molar-refractivity contribution in [2.45, 2.75) is 6.23 Å². The molecule has 0 amide bonds. The monoisotopic (exact) mass is 305 g/mol. The van der Waals surface area contributed by atoms with Crippen molar-refractivity contribution in [3.63, 3.8) is 0 Å². The number of hydrogen-bond donors (Lipinski definition) is 2. The minimum Gasteiger partial charge on any atom is -0.466 e. The molecule has 0 saturated heterocycles. The molecule has 1 atom stereocenters. The van der Waals surface area contributed by atoms with Gasteiger partial charge in [0.05, 0.1) is 12.2 Å². The lowest BCUT2D eigenvalue weighted by Gasteiger charge is -2.21. The molecule has 0 bridgehead atoms. The third-order valence-corrected chi connectivity index (χ3v) is 4.21. The maximum atomic E-state index is 6.19. The number of hydrogen-bond acceptors (Lipinski definition) is 4. The van der Waals surface area contributed by atoms with Crippen LogP contribution in [0.1, 0.15) is 0 Å². The normalized spacial score (nSPS) is 16.2. The molecule has 0 saturated carbocycles. The quantitative estimate of drug-likeness (QED) is 0.722. The first-order valence-electron chi connectivity index (χ1n) is 7.78. The molecule has 2 N–H and O–H groups in total. The van der Waals surface area contributed by atoms with Gasteiger partial charge in [0.1, 0.15) is 0 Å². The molecule has 4 heteroatoms. The van der Waals surface area contributed by atoms with Crippen molar-refractivity contribution in [2.75, 3.05) is 23.9 Å². The molecule has 3 aromatic carbocycles. The molecular formula is C19H19N3O. The first-order valence-corrected chi connectivity index (χ1v) is 7.78. The van der Waals surface area contributed by atoms with Gasteiger partial charge in [-0.3, -0.25) is 0 Å². The average molecular weight is 305 g/mol. The molecule has 1 aliphatic rings. The van der Waals surface area contributed by atoms with Crippen LogP contribution in [0, 0.1) is 0 Å². The van der Waals surface area contributed by atoms with E-state index in [0.717, 1.165) is 22.5 Å². The van der Waals surface area contributed by atoms with Crippen molar-refractivity contribution in [1.82, 2.24) is 5.43 Å². The Labute approximate surface area is 135 Å². The minimum atomic E-state index is -0.0352. The first kappa shape index (κ1) is 13.9. The summed E-state index contributed by atoms with van der Waals surface area (Å²) in [5.41, 5.74) is 8.61. The Hall–Kier alpha value is -2.72. The van der Waals surface area contributed by atoms with Crippen molar-refractivity contribution in [3.8, 4) is 5.75 Å². The predicted molar refractivity (Wildman–Crippen MR) is 94.8 cm³/mol. The van der Waals surface area contributed by atoms with Gasteiger partial charge in [-0.1, -0.05) is 48.5 Å². The number of anilines is 2. The molecule has 1 unspecified atom stereocenters. The molecule has 0 fully saturated rings. The number of hydrazine groups is 1. The lowest BCUT2D eigenvalue weighted by Crippen LogP contribution is -2.42. The zero-order valence-electron chi connectivity index (χ0n) is 13.0. The summed E-state index contributed by atoms with van der Waals surface area (Å²) in [4.78, 5) is 2.17. The van der Waals surface area contributed by atoms with Crippen LogP contribution < -0.4 is 20.5 Å². The highest BCUT2D eigenvalue weighted by molar-refractivity contribution is 5.94. The number of nitrogens with zero attached hydrogens (tertiary/aromatic N) is 1. The van der Waals surface area contributed by atoms with Gasteiger partial charge in [0.15, 0.2) is 12.0 Å². The molecule has 0 radical (unpaired) electrons. The van der Waals surface area contributed by atoms with E-state index in [1.807, 2.05) is 30.3 Å². The molecule has 116 valence electrons. The molecule has 23 heavy (non-hydrogen) atoms. The molecule has 0 spiro atoms. The van der Waals surface area contributed by atoms with Crippen LogP contribution in [0.3, 0.4) is 0 Å². The second-order valence-electron chi connectivity index (χ2n) is 5.69. The van der Waals surface area contributed by atoms with E-state index < -0.39 is 0 Å². The fourth-order valence-electron chi connectivity index (χ4n) is 2.94. The topological polar surface area (TPSA) is 36.5 Å². The van der Waals surface area contributed by atoms with Crippen LogP contribution in [0.25, 0.3) is 10.8 Å². The van der Waals surface area contributed by atoms with Crippen molar-refractivity contribution >= 4 is 22.1 Å². The van der Waals surface area contributed by atoms with E-state index >= 15 is 0 Å². The third-order valence-electron chi connectivity index (χ3n) is 4.21. The van der Waals surface area contributed by atoms with Gasteiger partial charge in [0, 0.05) is 18.1 Å². The molecule has 4 rings (SSSR count). The summed E-state index contributed by atoms with van der Waals surface area (Å²) in [5.74, 6) is 0.970. The van der Waals surface area contributed by atoms with Gasteiger partial charge in [0.2, 0.25) is 0 Å². The fourth-order valence-corrected chi connectivity index (χ4v) is 2.94. The Bertz CT molecular complexity index is 819. The Kier molecular flexibility index (Phi) is 3.52. The highest BCUT2D eigenvalue weighted by atomic mass is 16.5. The number of benzene rings is 3. The Morgan fingerprint density at radius 1 is 0.957 bits per heavy atom. The van der Waals surface area contributed by atoms with Gasteiger partial charge < -0.3 is 15.1 Å². The molecular weight excluding hydrogens is 286 g/mol. The van der Waals surface area contributed by atoms with E-state index in [9.17, 15) is 0 Å². The molecule has 0 aliphatic carbocycles. The smallest absolute Gasteiger partial charge is 0.186 e. The van der Waals surface area contributed by atoms with Crippen molar-refractivity contribution in [3.05, 3.63) is 66.7 Å². The summed E-state index contributed by atoms with van der Waals surface area (Å²) < 4.78 is 6.19. The third kappa shape index (κ3) is 2.58. The molecule has 1 heterocycles. The number of para-hydroxylation sites is 1. The summed E-state index contributed by atoms with van der Waals surface area (Å²) in [6, 6.07) is 22.7. The van der Waals surface area contributed by atoms with E-state index in [0.29, 0.717) is 6.54 Å². The van der Waals surface area contributed by atoms with Gasteiger partial charge in [-0.15, -0.1) is 0 Å². The summed E-state index contributed by atoms with van der Waals surface area (Å²) in [6.45, 7) is 0.675. The first-order chi connectivity index (χ1) is 11.3. The van der Waals surface area contributed by atoms with E-state index in [4.69, 9.17) is 4.74 Å². The molecule has 3 aromatic rings. The van der Waals surface area contributed by atoms with Crippen LogP contribution in [0.4, 0.5) is 11.4 Å². The zero-order valence-corrected chi connectivity index (χ0v) is 13.0. The van der Waals surface area contributed by atoms with Crippen LogP contribution in [0.2, 0.25) is 0 Å². The zero-order chi connectivity index (χ0) is 15.6. The summed E-state index contributed by atoms with van der Waals surface area (Å²) in [6.07, 6.45) is -0.0352. The lowest BCUT2D eigenvalue weighted by atomic mass is 10.1. The Balaban J connectivity index is 1.48. The van der Waals surface area contributed by atoms with E-state index in [1.165, 1.54) is 5.39 Å². The predicted octanol–water partition coefficient (Wildman–Crippen LogP) is 3.61. The maximum absolute atomic E-state index is 6.19. The number of rotatable bonds is 4. The second-order valence-corrected chi connectivity index (χ2v) is 5.69. The largest absolute Gasteiger partial charge is 0.466 e. The maximum Gasteiger partial charge on any atom is 0.186 e. The van der Waals surface area contributed by atoms with Gasteiger partial charge in [-0.25, -0.2) is 5.43 Å². The van der Waals surface area contributed by atoms with Crippen LogP contribution in [-0.2, 0) is 0 Å². The summed E-state index contributed by atoms with van der Waals surface area (Å²) in [5, 5.41) is 2.37. The molecule has 1 aliphatic heterocycles. The number of ether oxygens (including phenoxy) is 1. The number of fused-ring (bicyclic) bond motifs is 3. The van der Waals surface area contributed by atoms with Gasteiger partial charge in [-0.2, -0.15) is 0 Å². The van der Waals surface area contributed by atoms with Crippen LogP contribution in [-0.4, -0.2) is 19.8 Å². The number of likely N-dealkylation sites (N-methyl/N-ethyl adjacent to an activating group) is 1. The van der Waals surface area contributed by atoms with Crippen molar-refractivity contribution in [2.24, 2.45) is 0 Å². The average Bonchev–Trinajstić information content (AvgIpc) is 2.93. The summed E-state index contributed by atoms with van der Waals surface area (Å²) in [7, 11) is 2.06. The standard InChI is InChI=1S/C19H19N3O/c1-22-17-12-11-14-7-5-6-10-16(14)19(17)23-18(22)13-20-21-15-8-3-2-4-9-15/h2-12,18,20-21H,13H2,1H3. The van der Waals surface area contributed by atoms with Crippen molar-refractivity contribution in [1.29, 1.82) is 0 Å². The van der Waals surface area contributed by atoms with Crippen LogP contribution >= 0.6 is 0 Å². The van der Waals surface area contributed by atoms with E-state index in [1.54, 1.807) is 0 Å². The molecule has 4 nitrogen and oxygen atoms in total. The van der Waals surface area contributed by atoms with Crippen LogP contribution in [0.5, 0.6) is 5.75 Å². The van der Waals surface area contributed by atoms with E-state index in [2.05, 4.69) is 59.2 Å². The highest BCUT2D eigenvalue weighted by Gasteiger charge is 2.29. The molecule has 0 aromatic heterocycles. The van der Waals surface area contributed by atoms with Crippen LogP contribution in [0.15, 0.2) is 66.7 Å². The lowest BCUT2D eigenvalue weighted by molar-refractivity contribution is 0.230. The SMILES string of the molecule is CN1c2ccc3ccccc3c2OC1CNNc1ccccc1. The van der Waals surface area contributed by atoms with E-state index in [-0.39, 0.29) is 6.23 Å². The second kappa shape index (κ2) is 5.82. The van der Waals surface area contributed by atoms with Gasteiger partial charge >= 0.3 is 0 Å². The van der Waals surface area contributed by atoms with Crippen molar-refractivity contribution < 1.29 is 4.74 Å². The minimum absolute atomic E-state index is 0.0352.